The summed E-state index contributed by atoms with van der Waals surface area (Å²) in [5.74, 6) is 0.508. The molecule has 29 heavy (non-hydrogen) atoms. The van der Waals surface area contributed by atoms with Gasteiger partial charge in [0, 0.05) is 25.6 Å². The standard InChI is InChI=1S/C22H30FN3O2S/c1-22(2,19-11-7-12-20(23)15-19)17-26-21(24-3)25-13-8-14-29(27,28)16-18-9-5-4-6-10-18/h4-7,9-12,15H,8,13-14,16-17H2,1-3H3,(H2,24,25,26). The smallest absolute Gasteiger partial charge is 0.191 e. The van der Waals surface area contributed by atoms with Crippen molar-refractivity contribution in [1.82, 2.24) is 10.6 Å². The van der Waals surface area contributed by atoms with Gasteiger partial charge in [-0.15, -0.1) is 0 Å². The third-order valence-electron chi connectivity index (χ3n) is 4.68. The molecule has 0 heterocycles. The van der Waals surface area contributed by atoms with Crippen LogP contribution in [-0.4, -0.2) is 40.3 Å². The topological polar surface area (TPSA) is 70.6 Å². The first kappa shape index (κ1) is 22.9. The van der Waals surface area contributed by atoms with Gasteiger partial charge in [0.1, 0.15) is 5.82 Å². The molecule has 2 aromatic carbocycles. The van der Waals surface area contributed by atoms with Crippen molar-refractivity contribution in [2.75, 3.05) is 25.9 Å². The Morgan fingerprint density at radius 3 is 2.45 bits per heavy atom. The lowest BCUT2D eigenvalue weighted by Crippen LogP contribution is -2.44. The first-order valence-corrected chi connectivity index (χ1v) is 11.5. The highest BCUT2D eigenvalue weighted by Gasteiger charge is 2.21. The van der Waals surface area contributed by atoms with Crippen LogP contribution in [0.5, 0.6) is 0 Å². The fourth-order valence-electron chi connectivity index (χ4n) is 2.94. The van der Waals surface area contributed by atoms with Crippen molar-refractivity contribution in [2.24, 2.45) is 4.99 Å². The van der Waals surface area contributed by atoms with Gasteiger partial charge in [-0.3, -0.25) is 4.99 Å². The van der Waals surface area contributed by atoms with E-state index in [-0.39, 0.29) is 22.7 Å². The minimum absolute atomic E-state index is 0.0582. The normalized spacial score (nSPS) is 12.6. The molecule has 0 bridgehead atoms. The molecule has 0 aliphatic rings. The molecule has 0 saturated carbocycles. The van der Waals surface area contributed by atoms with Gasteiger partial charge in [0.25, 0.3) is 0 Å². The fraction of sp³-hybridized carbons (Fsp3) is 0.409. The maximum absolute atomic E-state index is 13.5. The van der Waals surface area contributed by atoms with E-state index in [1.165, 1.54) is 12.1 Å². The molecule has 0 saturated heterocycles. The summed E-state index contributed by atoms with van der Waals surface area (Å²) in [6, 6.07) is 15.8. The van der Waals surface area contributed by atoms with Crippen molar-refractivity contribution in [3.05, 3.63) is 71.5 Å². The lowest BCUT2D eigenvalue weighted by molar-refractivity contribution is 0.503. The molecular weight excluding hydrogens is 389 g/mol. The van der Waals surface area contributed by atoms with Gasteiger partial charge in [-0.1, -0.05) is 56.3 Å². The monoisotopic (exact) mass is 419 g/mol. The van der Waals surface area contributed by atoms with Crippen molar-refractivity contribution in [2.45, 2.75) is 31.4 Å². The Labute approximate surface area is 173 Å². The van der Waals surface area contributed by atoms with Gasteiger partial charge >= 0.3 is 0 Å². The molecule has 2 aromatic rings. The second-order valence-corrected chi connectivity index (χ2v) is 9.86. The molecule has 0 aliphatic carbocycles. The molecule has 5 nitrogen and oxygen atoms in total. The summed E-state index contributed by atoms with van der Waals surface area (Å²) < 4.78 is 38.0. The van der Waals surface area contributed by atoms with Crippen molar-refractivity contribution in [3.8, 4) is 0 Å². The highest BCUT2D eigenvalue weighted by Crippen LogP contribution is 2.22. The predicted molar refractivity (Wildman–Crippen MR) is 117 cm³/mol. The molecule has 0 aliphatic heterocycles. The molecule has 2 N–H and O–H groups in total. The number of halogens is 1. The molecule has 158 valence electrons. The van der Waals surface area contributed by atoms with E-state index in [1.54, 1.807) is 13.1 Å². The summed E-state index contributed by atoms with van der Waals surface area (Å²) in [5.41, 5.74) is 1.41. The van der Waals surface area contributed by atoms with Crippen LogP contribution in [0.3, 0.4) is 0 Å². The number of sulfone groups is 1. The van der Waals surface area contributed by atoms with Gasteiger partial charge in [-0.05, 0) is 29.7 Å². The Kier molecular flexibility index (Phi) is 8.20. The van der Waals surface area contributed by atoms with E-state index in [0.29, 0.717) is 25.5 Å². The van der Waals surface area contributed by atoms with Crippen LogP contribution in [0.15, 0.2) is 59.6 Å². The quantitative estimate of drug-likeness (QED) is 0.372. The summed E-state index contributed by atoms with van der Waals surface area (Å²) >= 11 is 0. The van der Waals surface area contributed by atoms with Crippen LogP contribution in [0.25, 0.3) is 0 Å². The maximum atomic E-state index is 13.5. The zero-order valence-electron chi connectivity index (χ0n) is 17.3. The molecule has 0 fully saturated rings. The average molecular weight is 420 g/mol. The number of benzene rings is 2. The third kappa shape index (κ3) is 7.85. The van der Waals surface area contributed by atoms with E-state index in [0.717, 1.165) is 11.1 Å². The lowest BCUT2D eigenvalue weighted by atomic mass is 9.84. The Hall–Kier alpha value is -2.41. The summed E-state index contributed by atoms with van der Waals surface area (Å²) in [7, 11) is -1.49. The minimum Gasteiger partial charge on any atom is -0.356 e. The van der Waals surface area contributed by atoms with E-state index < -0.39 is 9.84 Å². The predicted octanol–water partition coefficient (Wildman–Crippen LogP) is 3.27. The van der Waals surface area contributed by atoms with E-state index in [9.17, 15) is 12.8 Å². The zero-order valence-corrected chi connectivity index (χ0v) is 18.1. The first-order valence-electron chi connectivity index (χ1n) is 9.67. The number of hydrogen-bond donors (Lipinski definition) is 2. The second kappa shape index (κ2) is 10.4. The Balaban J connectivity index is 1.77. The van der Waals surface area contributed by atoms with Crippen molar-refractivity contribution < 1.29 is 12.8 Å². The molecule has 0 radical (unpaired) electrons. The van der Waals surface area contributed by atoms with Crippen LogP contribution >= 0.6 is 0 Å². The molecular formula is C22H30FN3O2S. The van der Waals surface area contributed by atoms with Crippen LogP contribution in [-0.2, 0) is 21.0 Å². The number of rotatable bonds is 9. The summed E-state index contributed by atoms with van der Waals surface area (Å²) in [4.78, 5) is 4.17. The van der Waals surface area contributed by atoms with Crippen molar-refractivity contribution in [3.63, 3.8) is 0 Å². The molecule has 0 unspecified atom stereocenters. The second-order valence-electron chi connectivity index (χ2n) is 7.68. The van der Waals surface area contributed by atoms with Crippen LogP contribution < -0.4 is 10.6 Å². The number of nitrogens with one attached hydrogen (secondary N) is 2. The molecule has 0 amide bonds. The summed E-state index contributed by atoms with van der Waals surface area (Å²) in [6.07, 6.45) is 0.489. The zero-order chi connectivity index (χ0) is 21.3. The van der Waals surface area contributed by atoms with Gasteiger partial charge < -0.3 is 10.6 Å². The molecule has 0 aromatic heterocycles. The Morgan fingerprint density at radius 2 is 1.79 bits per heavy atom. The maximum Gasteiger partial charge on any atom is 0.191 e. The Bertz CT molecular complexity index is 913. The largest absolute Gasteiger partial charge is 0.356 e. The van der Waals surface area contributed by atoms with Gasteiger partial charge in [-0.2, -0.15) is 0 Å². The SMILES string of the molecule is CN=C(NCCCS(=O)(=O)Cc1ccccc1)NCC(C)(C)c1cccc(F)c1. The molecule has 0 spiro atoms. The van der Waals surface area contributed by atoms with Crippen LogP contribution in [0.1, 0.15) is 31.4 Å². The van der Waals surface area contributed by atoms with Crippen LogP contribution in [0.4, 0.5) is 4.39 Å². The third-order valence-corrected chi connectivity index (χ3v) is 6.37. The van der Waals surface area contributed by atoms with E-state index in [2.05, 4.69) is 15.6 Å². The highest BCUT2D eigenvalue weighted by atomic mass is 32.2. The number of nitrogens with zero attached hydrogens (tertiary/aromatic N) is 1. The molecule has 2 rings (SSSR count). The summed E-state index contributed by atoms with van der Waals surface area (Å²) in [6.45, 7) is 5.10. The lowest BCUT2D eigenvalue weighted by Gasteiger charge is -2.26. The highest BCUT2D eigenvalue weighted by molar-refractivity contribution is 7.90. The van der Waals surface area contributed by atoms with Gasteiger partial charge in [0.05, 0.1) is 11.5 Å². The van der Waals surface area contributed by atoms with E-state index in [4.69, 9.17) is 0 Å². The molecule has 0 atom stereocenters. The number of aliphatic imine (C=N–C) groups is 1. The fourth-order valence-corrected chi connectivity index (χ4v) is 4.36. The van der Waals surface area contributed by atoms with Crippen LogP contribution in [0.2, 0.25) is 0 Å². The van der Waals surface area contributed by atoms with Gasteiger partial charge in [0.2, 0.25) is 0 Å². The molecule has 7 heteroatoms. The minimum atomic E-state index is -3.15. The van der Waals surface area contributed by atoms with Gasteiger partial charge in [0.15, 0.2) is 15.8 Å². The van der Waals surface area contributed by atoms with Crippen LogP contribution in [0, 0.1) is 5.82 Å². The average Bonchev–Trinajstić information content (AvgIpc) is 2.68. The van der Waals surface area contributed by atoms with Crippen molar-refractivity contribution in [1.29, 1.82) is 0 Å². The first-order chi connectivity index (χ1) is 13.7. The van der Waals surface area contributed by atoms with E-state index >= 15 is 0 Å². The van der Waals surface area contributed by atoms with E-state index in [1.807, 2.05) is 50.2 Å². The van der Waals surface area contributed by atoms with Gasteiger partial charge in [-0.25, -0.2) is 12.8 Å². The Morgan fingerprint density at radius 1 is 1.07 bits per heavy atom. The number of guanidine groups is 1. The summed E-state index contributed by atoms with van der Waals surface area (Å²) in [5, 5.41) is 6.37. The van der Waals surface area contributed by atoms with Crippen molar-refractivity contribution >= 4 is 15.8 Å². The number of hydrogen-bond acceptors (Lipinski definition) is 3.